The summed E-state index contributed by atoms with van der Waals surface area (Å²) in [6, 6.07) is 16.4. The van der Waals surface area contributed by atoms with Gasteiger partial charge in [0.05, 0.1) is 19.3 Å². The molecule has 2 aromatic carbocycles. The van der Waals surface area contributed by atoms with E-state index in [9.17, 15) is 8.42 Å². The molecule has 1 fully saturated rings. The Morgan fingerprint density at radius 3 is 2.63 bits per heavy atom. The average molecular weight is 392 g/mol. The summed E-state index contributed by atoms with van der Waals surface area (Å²) in [5, 5.41) is 0.855. The van der Waals surface area contributed by atoms with Crippen LogP contribution in [0.2, 0.25) is 0 Å². The van der Waals surface area contributed by atoms with Crippen LogP contribution in [0.5, 0.6) is 11.5 Å². The van der Waals surface area contributed by atoms with Crippen LogP contribution in [0.25, 0.3) is 0 Å². The van der Waals surface area contributed by atoms with E-state index in [1.165, 1.54) is 7.11 Å². The minimum Gasteiger partial charge on any atom is -0.457 e. The number of nitrogens with zero attached hydrogens (tertiary/aromatic N) is 1. The average Bonchev–Trinajstić information content (AvgIpc) is 3.05. The highest BCUT2D eigenvalue weighted by molar-refractivity contribution is 7.90. The molecule has 0 bridgehead atoms. The van der Waals surface area contributed by atoms with E-state index in [0.717, 1.165) is 11.3 Å². The number of nitrogens with one attached hydrogen (secondary N) is 1. The van der Waals surface area contributed by atoms with Gasteiger partial charge in [-0.25, -0.2) is 13.1 Å². The second-order valence-corrected chi connectivity index (χ2v) is 8.23. The molecule has 0 radical (unpaired) electrons. The summed E-state index contributed by atoms with van der Waals surface area (Å²) in [4.78, 5) is 5.53. The molecule has 0 aliphatic carbocycles. The fourth-order valence-corrected chi connectivity index (χ4v) is 4.55. The van der Waals surface area contributed by atoms with E-state index in [4.69, 9.17) is 14.3 Å². The molecule has 146 valence electrons. The van der Waals surface area contributed by atoms with E-state index in [2.05, 4.69) is 4.72 Å². The molecule has 27 heavy (non-hydrogen) atoms. The molecule has 0 aromatic heterocycles. The standard InChI is InChI=1S/C19H24N2O5S/c1-21-19(18(14-25-21)27(22,23)20-11-12-24-2)15-7-6-10-17(13-15)26-16-8-4-3-5-9-16/h3-10,13,18-20H,11-12,14H2,1-2H3. The maximum atomic E-state index is 12.7. The molecule has 2 aromatic rings. The normalized spacial score (nSPS) is 20.7. The highest BCUT2D eigenvalue weighted by atomic mass is 32.2. The van der Waals surface area contributed by atoms with Crippen molar-refractivity contribution in [1.29, 1.82) is 0 Å². The topological polar surface area (TPSA) is 77.1 Å². The lowest BCUT2D eigenvalue weighted by atomic mass is 10.0. The van der Waals surface area contributed by atoms with Crippen molar-refractivity contribution in [1.82, 2.24) is 9.79 Å². The number of benzene rings is 2. The Morgan fingerprint density at radius 2 is 1.89 bits per heavy atom. The number of para-hydroxylation sites is 1. The molecule has 1 heterocycles. The molecule has 8 heteroatoms. The first-order valence-corrected chi connectivity index (χ1v) is 10.2. The van der Waals surface area contributed by atoms with Gasteiger partial charge < -0.3 is 9.47 Å². The van der Waals surface area contributed by atoms with Gasteiger partial charge in [-0.1, -0.05) is 30.3 Å². The molecule has 1 aliphatic rings. The quantitative estimate of drug-likeness (QED) is 0.695. The second-order valence-electron chi connectivity index (χ2n) is 6.24. The van der Waals surface area contributed by atoms with Crippen molar-refractivity contribution in [2.24, 2.45) is 0 Å². The van der Waals surface area contributed by atoms with Crippen LogP contribution in [0.1, 0.15) is 11.6 Å². The van der Waals surface area contributed by atoms with E-state index >= 15 is 0 Å². The lowest BCUT2D eigenvalue weighted by Crippen LogP contribution is -2.40. The molecule has 2 unspecified atom stereocenters. The molecular weight excluding hydrogens is 368 g/mol. The number of hydrogen-bond donors (Lipinski definition) is 1. The Bertz CT molecular complexity index is 844. The lowest BCUT2D eigenvalue weighted by molar-refractivity contribution is -0.110. The van der Waals surface area contributed by atoms with Gasteiger partial charge in [0.1, 0.15) is 16.7 Å². The molecule has 0 spiro atoms. The van der Waals surface area contributed by atoms with Gasteiger partial charge in [0, 0.05) is 20.7 Å². The van der Waals surface area contributed by atoms with Crippen LogP contribution in [0.15, 0.2) is 54.6 Å². The van der Waals surface area contributed by atoms with E-state index in [1.54, 1.807) is 12.1 Å². The maximum absolute atomic E-state index is 12.7. The summed E-state index contributed by atoms with van der Waals surface area (Å²) in [5.41, 5.74) is 0.811. The van der Waals surface area contributed by atoms with E-state index in [0.29, 0.717) is 12.4 Å². The second kappa shape index (κ2) is 8.81. The highest BCUT2D eigenvalue weighted by Crippen LogP contribution is 2.35. The van der Waals surface area contributed by atoms with Gasteiger partial charge in [-0.05, 0) is 29.8 Å². The smallest absolute Gasteiger partial charge is 0.218 e. The van der Waals surface area contributed by atoms with Crippen LogP contribution in [0, 0.1) is 0 Å². The third-order valence-electron chi connectivity index (χ3n) is 4.37. The van der Waals surface area contributed by atoms with Crippen LogP contribution in [0.4, 0.5) is 0 Å². The van der Waals surface area contributed by atoms with E-state index in [1.807, 2.05) is 54.6 Å². The van der Waals surface area contributed by atoms with Gasteiger partial charge >= 0.3 is 0 Å². The summed E-state index contributed by atoms with van der Waals surface area (Å²) in [7, 11) is -0.306. The fourth-order valence-electron chi connectivity index (χ4n) is 3.06. The zero-order valence-electron chi connectivity index (χ0n) is 15.4. The Labute approximate surface area is 159 Å². The Kier molecular flexibility index (Phi) is 6.46. The summed E-state index contributed by atoms with van der Waals surface area (Å²) in [6.07, 6.45) is 0. The van der Waals surface area contributed by atoms with Gasteiger partial charge in [-0.15, -0.1) is 0 Å². The van der Waals surface area contributed by atoms with Crippen molar-refractivity contribution in [2.75, 3.05) is 33.9 Å². The molecular formula is C19H24N2O5S. The number of hydroxylamine groups is 2. The zero-order valence-corrected chi connectivity index (χ0v) is 16.2. The molecule has 1 N–H and O–H groups in total. The van der Waals surface area contributed by atoms with E-state index < -0.39 is 21.3 Å². The first-order valence-electron chi connectivity index (χ1n) is 8.67. The molecule has 1 saturated heterocycles. The van der Waals surface area contributed by atoms with Crippen molar-refractivity contribution >= 4 is 10.0 Å². The van der Waals surface area contributed by atoms with Gasteiger partial charge in [-0.3, -0.25) is 4.84 Å². The van der Waals surface area contributed by atoms with Gasteiger partial charge in [-0.2, -0.15) is 5.06 Å². The van der Waals surface area contributed by atoms with E-state index in [-0.39, 0.29) is 13.2 Å². The number of ether oxygens (including phenoxy) is 2. The summed E-state index contributed by atoms with van der Waals surface area (Å²) < 4.78 is 38.8. The first kappa shape index (κ1) is 19.8. The SMILES string of the molecule is COCCNS(=O)(=O)C1CON(C)C1c1cccc(Oc2ccccc2)c1. The number of rotatable bonds is 8. The van der Waals surface area contributed by atoms with Gasteiger partial charge in [0.15, 0.2) is 0 Å². The minimum absolute atomic E-state index is 0.0905. The molecule has 7 nitrogen and oxygen atoms in total. The Balaban J connectivity index is 1.81. The fraction of sp³-hybridized carbons (Fsp3) is 0.368. The third kappa shape index (κ3) is 4.85. The maximum Gasteiger partial charge on any atom is 0.218 e. The summed E-state index contributed by atoms with van der Waals surface area (Å²) in [6.45, 7) is 0.629. The predicted octanol–water partition coefficient (Wildman–Crippen LogP) is 2.33. The van der Waals surface area contributed by atoms with Crippen LogP contribution in [0.3, 0.4) is 0 Å². The molecule has 3 rings (SSSR count). The van der Waals surface area contributed by atoms with Crippen LogP contribution in [-0.2, 0) is 19.6 Å². The minimum atomic E-state index is -3.57. The monoisotopic (exact) mass is 392 g/mol. The van der Waals surface area contributed by atoms with Crippen molar-refractivity contribution in [3.05, 3.63) is 60.2 Å². The number of hydrogen-bond acceptors (Lipinski definition) is 6. The highest BCUT2D eigenvalue weighted by Gasteiger charge is 2.43. The van der Waals surface area contributed by atoms with Crippen molar-refractivity contribution in [3.63, 3.8) is 0 Å². The summed E-state index contributed by atoms with van der Waals surface area (Å²) in [5.74, 6) is 1.36. The van der Waals surface area contributed by atoms with Crippen molar-refractivity contribution < 1.29 is 22.7 Å². The van der Waals surface area contributed by atoms with Gasteiger partial charge in [0.25, 0.3) is 0 Å². The molecule has 1 aliphatic heterocycles. The first-order chi connectivity index (χ1) is 13.0. The molecule has 0 saturated carbocycles. The van der Waals surface area contributed by atoms with Gasteiger partial charge in [0.2, 0.25) is 10.0 Å². The molecule has 0 amide bonds. The van der Waals surface area contributed by atoms with Crippen LogP contribution >= 0.6 is 0 Å². The van der Waals surface area contributed by atoms with Crippen molar-refractivity contribution in [3.8, 4) is 11.5 Å². The largest absolute Gasteiger partial charge is 0.457 e. The Hall–Kier alpha value is -1.97. The number of sulfonamides is 1. The summed E-state index contributed by atoms with van der Waals surface area (Å²) >= 11 is 0. The predicted molar refractivity (Wildman–Crippen MR) is 102 cm³/mol. The zero-order chi connectivity index (χ0) is 19.3. The van der Waals surface area contributed by atoms with Crippen LogP contribution in [-0.4, -0.2) is 52.6 Å². The lowest BCUT2D eigenvalue weighted by Gasteiger charge is -2.23. The molecule has 2 atom stereocenters. The number of methoxy groups -OCH3 is 1. The van der Waals surface area contributed by atoms with Crippen molar-refractivity contribution in [2.45, 2.75) is 11.3 Å². The van der Waals surface area contributed by atoms with Crippen LogP contribution < -0.4 is 9.46 Å². The third-order valence-corrected chi connectivity index (χ3v) is 6.17. The Morgan fingerprint density at radius 1 is 1.15 bits per heavy atom.